The number of carbonyl (C=O) groups is 2. The van der Waals surface area contributed by atoms with Crippen molar-refractivity contribution in [2.24, 2.45) is 0 Å². The van der Waals surface area contributed by atoms with E-state index in [1.165, 1.54) is 0 Å². The first kappa shape index (κ1) is 20.4. The molecule has 0 atom stereocenters. The van der Waals surface area contributed by atoms with E-state index in [2.05, 4.69) is 28.2 Å². The zero-order valence-electron chi connectivity index (χ0n) is 13.4. The molecule has 1 aromatic heterocycles. The number of fused-ring (bicyclic) bond motifs is 1. The fourth-order valence-electron chi connectivity index (χ4n) is 2.32. The van der Waals surface area contributed by atoms with Crippen LogP contribution in [0, 0.1) is 0 Å². The first-order chi connectivity index (χ1) is 12.3. The molecule has 3 rings (SSSR count). The van der Waals surface area contributed by atoms with Crippen LogP contribution in [-0.2, 0) is 14.3 Å². The van der Waals surface area contributed by atoms with Crippen LogP contribution in [0.3, 0.4) is 0 Å². The zero-order valence-corrected chi connectivity index (χ0v) is 16.5. The molecule has 4 nitrogen and oxygen atoms in total. The number of aromatic nitrogens is 1. The Kier molecular flexibility index (Phi) is 7.17. The summed E-state index contributed by atoms with van der Waals surface area (Å²) in [5.41, 5.74) is 3.90. The number of aromatic amines is 1. The SMILES string of the molecule is COC(=S)c1[nH]c2ccc(Cl)cc2c1-c1ccccc1.O=C(Cl)C(=O)Cl. The lowest BCUT2D eigenvalue weighted by Crippen LogP contribution is -2.01. The minimum absolute atomic E-state index is 0.441. The normalized spacial score (nSPS) is 10.0. The molecule has 0 aliphatic carbocycles. The lowest BCUT2D eigenvalue weighted by atomic mass is 10.0. The van der Waals surface area contributed by atoms with E-state index in [-0.39, 0.29) is 0 Å². The van der Waals surface area contributed by atoms with Crippen molar-refractivity contribution >= 4 is 73.5 Å². The molecule has 0 fully saturated rings. The summed E-state index contributed by atoms with van der Waals surface area (Å²) < 4.78 is 5.23. The lowest BCUT2D eigenvalue weighted by molar-refractivity contribution is -0.127. The summed E-state index contributed by atoms with van der Waals surface area (Å²) in [6.45, 7) is 0. The molecule has 26 heavy (non-hydrogen) atoms. The predicted molar refractivity (Wildman–Crippen MR) is 109 cm³/mol. The Morgan fingerprint density at radius 1 is 1.04 bits per heavy atom. The van der Waals surface area contributed by atoms with Crippen molar-refractivity contribution < 1.29 is 14.3 Å². The van der Waals surface area contributed by atoms with Gasteiger partial charge in [0.05, 0.1) is 7.11 Å². The van der Waals surface area contributed by atoms with E-state index in [4.69, 9.17) is 28.6 Å². The Balaban J connectivity index is 0.000000352. The fourth-order valence-corrected chi connectivity index (χ4v) is 2.65. The van der Waals surface area contributed by atoms with Gasteiger partial charge >= 0.3 is 10.5 Å². The maximum atomic E-state index is 9.43. The minimum atomic E-state index is -1.14. The Hall–Kier alpha value is -1.92. The standard InChI is InChI=1S/C16H12ClNOS.C2Cl2O2/c1-19-16(20)15-14(10-5-3-2-4-6-10)12-9-11(17)7-8-13(12)18-15;3-1(5)2(4)6/h2-9,18H,1H3;. The van der Waals surface area contributed by atoms with Crippen molar-refractivity contribution in [1.82, 2.24) is 4.98 Å². The number of thiocarbonyl (C=S) groups is 1. The van der Waals surface area contributed by atoms with Gasteiger partial charge in [-0.15, -0.1) is 0 Å². The van der Waals surface area contributed by atoms with E-state index < -0.39 is 10.5 Å². The van der Waals surface area contributed by atoms with Crippen molar-refractivity contribution in [3.63, 3.8) is 0 Å². The number of nitrogens with one attached hydrogen (secondary N) is 1. The number of hydrogen-bond donors (Lipinski definition) is 1. The van der Waals surface area contributed by atoms with Crippen molar-refractivity contribution in [2.75, 3.05) is 7.11 Å². The number of halogens is 3. The number of benzene rings is 2. The van der Waals surface area contributed by atoms with Gasteiger partial charge < -0.3 is 9.72 Å². The summed E-state index contributed by atoms with van der Waals surface area (Å²) in [5, 5.41) is -0.105. The first-order valence-corrected chi connectivity index (χ1v) is 8.73. The van der Waals surface area contributed by atoms with Gasteiger partial charge in [0.2, 0.25) is 5.05 Å². The highest BCUT2D eigenvalue weighted by atomic mass is 35.5. The van der Waals surface area contributed by atoms with Crippen LogP contribution in [0.15, 0.2) is 48.5 Å². The molecule has 0 saturated heterocycles. The summed E-state index contributed by atoms with van der Waals surface area (Å²) in [7, 11) is 1.58. The topological polar surface area (TPSA) is 59.2 Å². The summed E-state index contributed by atoms with van der Waals surface area (Å²) in [4.78, 5) is 22.2. The Morgan fingerprint density at radius 3 is 2.19 bits per heavy atom. The summed E-state index contributed by atoms with van der Waals surface area (Å²) in [6.07, 6.45) is 0. The number of rotatable bonds is 3. The third-order valence-corrected chi connectivity index (χ3v) is 4.41. The highest BCUT2D eigenvalue weighted by Gasteiger charge is 2.17. The summed E-state index contributed by atoms with van der Waals surface area (Å²) in [5.74, 6) is 0. The van der Waals surface area contributed by atoms with Gasteiger partial charge in [0.25, 0.3) is 0 Å². The van der Waals surface area contributed by atoms with Crippen LogP contribution in [0.2, 0.25) is 5.02 Å². The molecule has 0 unspecified atom stereocenters. The summed E-state index contributed by atoms with van der Waals surface area (Å²) >= 11 is 20.4. The van der Waals surface area contributed by atoms with Gasteiger partial charge in [-0.2, -0.15) is 0 Å². The van der Waals surface area contributed by atoms with Crippen LogP contribution in [0.5, 0.6) is 0 Å². The molecular weight excluding hydrogens is 417 g/mol. The molecule has 3 aromatic rings. The molecule has 0 spiro atoms. The molecule has 134 valence electrons. The monoisotopic (exact) mass is 427 g/mol. The van der Waals surface area contributed by atoms with E-state index >= 15 is 0 Å². The number of H-pyrrole nitrogens is 1. The third-order valence-electron chi connectivity index (χ3n) is 3.37. The Labute approximate surface area is 170 Å². The molecule has 0 bridgehead atoms. The summed E-state index contributed by atoms with van der Waals surface area (Å²) in [6, 6.07) is 15.8. The first-order valence-electron chi connectivity index (χ1n) is 7.19. The number of carbonyl (C=O) groups excluding carboxylic acids is 2. The average Bonchev–Trinajstić information content (AvgIpc) is 3.00. The highest BCUT2D eigenvalue weighted by Crippen LogP contribution is 2.34. The average molecular weight is 429 g/mol. The van der Waals surface area contributed by atoms with Gasteiger partial charge in [-0.1, -0.05) is 41.9 Å². The number of methoxy groups -OCH3 is 1. The quantitative estimate of drug-likeness (QED) is 0.348. The maximum Gasteiger partial charge on any atom is 0.304 e. The number of hydrogen-bond acceptors (Lipinski definition) is 4. The van der Waals surface area contributed by atoms with Crippen molar-refractivity contribution in [2.45, 2.75) is 0 Å². The van der Waals surface area contributed by atoms with Crippen LogP contribution in [-0.4, -0.2) is 27.6 Å². The molecule has 2 aromatic carbocycles. The van der Waals surface area contributed by atoms with Gasteiger partial charge in [-0.05, 0) is 59.2 Å². The minimum Gasteiger partial charge on any atom is -0.485 e. The van der Waals surface area contributed by atoms with Crippen molar-refractivity contribution in [1.29, 1.82) is 0 Å². The largest absolute Gasteiger partial charge is 0.485 e. The van der Waals surface area contributed by atoms with Gasteiger partial charge in [-0.25, -0.2) is 0 Å². The molecule has 1 heterocycles. The number of ether oxygens (including phenoxy) is 1. The maximum absolute atomic E-state index is 9.43. The van der Waals surface area contributed by atoms with Gasteiger partial charge in [0, 0.05) is 21.5 Å². The van der Waals surface area contributed by atoms with Crippen molar-refractivity contribution in [3.05, 3.63) is 59.2 Å². The predicted octanol–water partition coefficient (Wildman–Crippen LogP) is 5.33. The van der Waals surface area contributed by atoms with E-state index in [1.54, 1.807) is 7.11 Å². The highest BCUT2D eigenvalue weighted by molar-refractivity contribution is 7.80. The molecule has 0 aliphatic rings. The van der Waals surface area contributed by atoms with Crippen LogP contribution in [0.1, 0.15) is 5.69 Å². The van der Waals surface area contributed by atoms with Crippen LogP contribution >= 0.6 is 47.0 Å². The lowest BCUT2D eigenvalue weighted by Gasteiger charge is -2.05. The van der Waals surface area contributed by atoms with E-state index in [0.29, 0.717) is 10.1 Å². The Morgan fingerprint density at radius 2 is 1.65 bits per heavy atom. The second kappa shape index (κ2) is 9.14. The van der Waals surface area contributed by atoms with Crippen molar-refractivity contribution in [3.8, 4) is 11.1 Å². The third kappa shape index (κ3) is 4.83. The van der Waals surface area contributed by atoms with Crippen LogP contribution in [0.25, 0.3) is 22.0 Å². The van der Waals surface area contributed by atoms with E-state index in [1.807, 2.05) is 48.5 Å². The molecule has 1 N–H and O–H groups in total. The molecule has 0 amide bonds. The second-order valence-electron chi connectivity index (χ2n) is 4.97. The van der Waals surface area contributed by atoms with Gasteiger partial charge in [-0.3, -0.25) is 9.59 Å². The fraction of sp³-hybridized carbons (Fsp3) is 0.0556. The molecule has 8 heteroatoms. The zero-order chi connectivity index (χ0) is 19.3. The molecule has 0 aliphatic heterocycles. The second-order valence-corrected chi connectivity index (χ2v) is 6.46. The van der Waals surface area contributed by atoms with Crippen LogP contribution in [0.4, 0.5) is 0 Å². The van der Waals surface area contributed by atoms with Gasteiger partial charge in [0.1, 0.15) is 5.69 Å². The smallest absolute Gasteiger partial charge is 0.304 e. The van der Waals surface area contributed by atoms with Crippen LogP contribution < -0.4 is 0 Å². The van der Waals surface area contributed by atoms with Gasteiger partial charge in [0.15, 0.2) is 0 Å². The Bertz CT molecular complexity index is 958. The van der Waals surface area contributed by atoms with E-state index in [0.717, 1.165) is 27.7 Å². The van der Waals surface area contributed by atoms with E-state index in [9.17, 15) is 9.59 Å². The molecule has 0 saturated carbocycles. The molecular formula is C18H12Cl3NO3S. The molecule has 0 radical (unpaired) electrons.